The molecule has 198 valence electrons. The van der Waals surface area contributed by atoms with Crippen molar-refractivity contribution in [1.82, 2.24) is 0 Å². The van der Waals surface area contributed by atoms with E-state index in [0.717, 1.165) is 38.5 Å². The Morgan fingerprint density at radius 3 is 1.53 bits per heavy atom. The number of hydrogen-bond acceptors (Lipinski definition) is 4. The van der Waals surface area contributed by atoms with Gasteiger partial charge in [0.1, 0.15) is 0 Å². The average Bonchev–Trinajstić information content (AvgIpc) is 2.88. The van der Waals surface area contributed by atoms with E-state index in [1.165, 1.54) is 103 Å². The van der Waals surface area contributed by atoms with Crippen LogP contribution in [0.1, 0.15) is 148 Å². The topological polar surface area (TPSA) is 52.6 Å². The predicted octanol–water partition coefficient (Wildman–Crippen LogP) is 8.55. The summed E-state index contributed by atoms with van der Waals surface area (Å²) in [6.07, 6.45) is 26.7. The lowest BCUT2D eigenvalue weighted by atomic mass is 9.79. The molecule has 2 rings (SSSR count). The van der Waals surface area contributed by atoms with Crippen LogP contribution in [0.15, 0.2) is 0 Å². The zero-order valence-corrected chi connectivity index (χ0v) is 22.3. The molecule has 0 aliphatic heterocycles. The molecule has 0 spiro atoms. The van der Waals surface area contributed by atoms with Crippen molar-refractivity contribution in [3.63, 3.8) is 0 Å². The number of esters is 2. The molecule has 0 aromatic rings. The molecule has 2 fully saturated rings. The first-order valence-corrected chi connectivity index (χ1v) is 15.1. The second kappa shape index (κ2) is 19.2. The monoisotopic (exact) mass is 478 g/mol. The Hall–Kier alpha value is -1.06. The van der Waals surface area contributed by atoms with Crippen LogP contribution in [0.3, 0.4) is 0 Å². The number of hydrogen-bond donors (Lipinski definition) is 0. The Balaban J connectivity index is 1.49. The fraction of sp³-hybridized carbons (Fsp3) is 0.933. The van der Waals surface area contributed by atoms with Crippen molar-refractivity contribution in [2.24, 2.45) is 17.8 Å². The quantitative estimate of drug-likeness (QED) is 0.146. The minimum absolute atomic E-state index is 0.159. The Kier molecular flexibility index (Phi) is 16.4. The molecule has 2 aliphatic rings. The summed E-state index contributed by atoms with van der Waals surface area (Å²) in [5.74, 6) is -0.403. The summed E-state index contributed by atoms with van der Waals surface area (Å²) in [4.78, 5) is 25.4. The van der Waals surface area contributed by atoms with Crippen LogP contribution >= 0.6 is 0 Å². The summed E-state index contributed by atoms with van der Waals surface area (Å²) in [5, 5.41) is 0. The SMILES string of the molecule is CCCCCCCCCCCCCCCOC(=O)C1CCCCC1C(=O)OCC1CCCCC1. The molecule has 0 heterocycles. The highest BCUT2D eigenvalue weighted by molar-refractivity contribution is 5.82. The second-order valence-electron chi connectivity index (χ2n) is 11.0. The molecule has 4 nitrogen and oxygen atoms in total. The van der Waals surface area contributed by atoms with Crippen LogP contribution in [0.25, 0.3) is 0 Å². The molecule has 2 saturated carbocycles. The van der Waals surface area contributed by atoms with Crippen LogP contribution in [-0.4, -0.2) is 25.2 Å². The zero-order valence-electron chi connectivity index (χ0n) is 22.3. The maximum Gasteiger partial charge on any atom is 0.309 e. The lowest BCUT2D eigenvalue weighted by Gasteiger charge is -2.29. The Labute approximate surface area is 210 Å². The third-order valence-electron chi connectivity index (χ3n) is 8.05. The van der Waals surface area contributed by atoms with Gasteiger partial charge in [-0.3, -0.25) is 9.59 Å². The van der Waals surface area contributed by atoms with Crippen LogP contribution in [0, 0.1) is 17.8 Å². The molecule has 0 aromatic heterocycles. The first-order valence-electron chi connectivity index (χ1n) is 15.1. The summed E-state index contributed by atoms with van der Waals surface area (Å²) < 4.78 is 11.3. The van der Waals surface area contributed by atoms with Gasteiger partial charge in [0.2, 0.25) is 0 Å². The second-order valence-corrected chi connectivity index (χ2v) is 11.0. The van der Waals surface area contributed by atoms with Crippen molar-refractivity contribution in [2.75, 3.05) is 13.2 Å². The third-order valence-corrected chi connectivity index (χ3v) is 8.05. The highest BCUT2D eigenvalue weighted by Gasteiger charge is 2.38. The van der Waals surface area contributed by atoms with E-state index in [1.54, 1.807) is 0 Å². The fourth-order valence-corrected chi connectivity index (χ4v) is 5.76. The largest absolute Gasteiger partial charge is 0.465 e. The Bertz CT molecular complexity index is 526. The highest BCUT2D eigenvalue weighted by Crippen LogP contribution is 2.33. The van der Waals surface area contributed by atoms with Crippen molar-refractivity contribution in [2.45, 2.75) is 148 Å². The van der Waals surface area contributed by atoms with Crippen molar-refractivity contribution < 1.29 is 19.1 Å². The summed E-state index contributed by atoms with van der Waals surface area (Å²) in [6, 6.07) is 0. The van der Waals surface area contributed by atoms with Crippen LogP contribution in [-0.2, 0) is 19.1 Å². The maximum atomic E-state index is 12.7. The third kappa shape index (κ3) is 12.6. The van der Waals surface area contributed by atoms with Gasteiger partial charge in [-0.05, 0) is 38.0 Å². The van der Waals surface area contributed by atoms with E-state index in [4.69, 9.17) is 9.47 Å². The molecule has 0 radical (unpaired) electrons. The van der Waals surface area contributed by atoms with Gasteiger partial charge < -0.3 is 9.47 Å². The fourth-order valence-electron chi connectivity index (χ4n) is 5.76. The van der Waals surface area contributed by atoms with Crippen LogP contribution in [0.4, 0.5) is 0 Å². The molecule has 0 N–H and O–H groups in total. The molecule has 34 heavy (non-hydrogen) atoms. The lowest BCUT2D eigenvalue weighted by molar-refractivity contribution is -0.163. The first kappa shape index (κ1) is 29.2. The number of rotatable bonds is 18. The number of carbonyl (C=O) groups is 2. The number of ether oxygens (including phenoxy) is 2. The van der Waals surface area contributed by atoms with Crippen LogP contribution < -0.4 is 0 Å². The van der Waals surface area contributed by atoms with Crippen molar-refractivity contribution in [1.29, 1.82) is 0 Å². The van der Waals surface area contributed by atoms with Gasteiger partial charge in [-0.2, -0.15) is 0 Å². The highest BCUT2D eigenvalue weighted by atomic mass is 16.5. The minimum atomic E-state index is -0.297. The van der Waals surface area contributed by atoms with Gasteiger partial charge in [0, 0.05) is 0 Å². The maximum absolute atomic E-state index is 12.7. The van der Waals surface area contributed by atoms with Crippen molar-refractivity contribution in [3.05, 3.63) is 0 Å². The van der Waals surface area contributed by atoms with Gasteiger partial charge in [-0.25, -0.2) is 0 Å². The summed E-state index contributed by atoms with van der Waals surface area (Å²) in [5.41, 5.74) is 0. The first-order chi connectivity index (χ1) is 16.7. The number of unbranched alkanes of at least 4 members (excludes halogenated alkanes) is 12. The lowest BCUT2D eigenvalue weighted by Crippen LogP contribution is -2.35. The van der Waals surface area contributed by atoms with E-state index in [1.807, 2.05) is 0 Å². The van der Waals surface area contributed by atoms with E-state index < -0.39 is 0 Å². The molecule has 0 aromatic carbocycles. The molecule has 0 saturated heterocycles. The van der Waals surface area contributed by atoms with Gasteiger partial charge in [0.15, 0.2) is 0 Å². The molecule has 2 atom stereocenters. The van der Waals surface area contributed by atoms with Crippen molar-refractivity contribution >= 4 is 11.9 Å². The molecule has 0 amide bonds. The minimum Gasteiger partial charge on any atom is -0.465 e. The zero-order chi connectivity index (χ0) is 24.3. The van der Waals surface area contributed by atoms with E-state index in [9.17, 15) is 9.59 Å². The van der Waals surface area contributed by atoms with Gasteiger partial charge in [-0.15, -0.1) is 0 Å². The van der Waals surface area contributed by atoms with Gasteiger partial charge in [0.05, 0.1) is 25.0 Å². The number of carbonyl (C=O) groups excluding carboxylic acids is 2. The van der Waals surface area contributed by atoms with Gasteiger partial charge >= 0.3 is 11.9 Å². The Morgan fingerprint density at radius 1 is 0.559 bits per heavy atom. The molecule has 0 bridgehead atoms. The summed E-state index contributed by atoms with van der Waals surface area (Å²) >= 11 is 0. The molecular formula is C30H54O4. The van der Waals surface area contributed by atoms with Gasteiger partial charge in [0.25, 0.3) is 0 Å². The molecule has 2 aliphatic carbocycles. The van der Waals surface area contributed by atoms with Gasteiger partial charge in [-0.1, -0.05) is 116 Å². The molecule has 2 unspecified atom stereocenters. The van der Waals surface area contributed by atoms with Crippen LogP contribution in [0.5, 0.6) is 0 Å². The van der Waals surface area contributed by atoms with Crippen molar-refractivity contribution in [3.8, 4) is 0 Å². The molecular weight excluding hydrogens is 424 g/mol. The van der Waals surface area contributed by atoms with E-state index >= 15 is 0 Å². The average molecular weight is 479 g/mol. The van der Waals surface area contributed by atoms with E-state index in [2.05, 4.69) is 6.92 Å². The molecule has 4 heteroatoms. The predicted molar refractivity (Wildman–Crippen MR) is 140 cm³/mol. The van der Waals surface area contributed by atoms with E-state index in [0.29, 0.717) is 19.1 Å². The summed E-state index contributed by atoms with van der Waals surface area (Å²) in [6.45, 7) is 3.31. The Morgan fingerprint density at radius 2 is 1.00 bits per heavy atom. The smallest absolute Gasteiger partial charge is 0.309 e. The van der Waals surface area contributed by atoms with E-state index in [-0.39, 0.29) is 23.8 Å². The normalized spacial score (nSPS) is 21.3. The standard InChI is InChI=1S/C30H54O4/c1-2-3-4-5-6-7-8-9-10-11-12-13-19-24-33-29(31)27-22-17-18-23-28(27)30(32)34-25-26-20-15-14-16-21-26/h26-28H,2-25H2,1H3. The van der Waals surface area contributed by atoms with Crippen LogP contribution in [0.2, 0.25) is 0 Å². The summed E-state index contributed by atoms with van der Waals surface area (Å²) in [7, 11) is 0.